The van der Waals surface area contributed by atoms with Gasteiger partial charge in [0.1, 0.15) is 0 Å². The zero-order valence-electron chi connectivity index (χ0n) is 15.2. The molecule has 2 aromatic carbocycles. The predicted molar refractivity (Wildman–Crippen MR) is 114 cm³/mol. The van der Waals surface area contributed by atoms with E-state index in [0.717, 1.165) is 17.7 Å². The van der Waals surface area contributed by atoms with Crippen LogP contribution in [0.3, 0.4) is 0 Å². The summed E-state index contributed by atoms with van der Waals surface area (Å²) in [6.45, 7) is 2.03. The van der Waals surface area contributed by atoms with Crippen molar-refractivity contribution >= 4 is 69.9 Å². The molecule has 3 rings (SSSR count). The maximum absolute atomic E-state index is 13.0. The summed E-state index contributed by atoms with van der Waals surface area (Å²) in [6, 6.07) is 6.22. The molecule has 29 heavy (non-hydrogen) atoms. The molecular weight excluding hydrogens is 460 g/mol. The van der Waals surface area contributed by atoms with Crippen LogP contribution in [0, 0.1) is 0 Å². The van der Waals surface area contributed by atoms with Crippen LogP contribution in [-0.2, 0) is 4.79 Å². The molecule has 1 aliphatic rings. The Morgan fingerprint density at radius 1 is 0.897 bits per heavy atom. The summed E-state index contributed by atoms with van der Waals surface area (Å²) in [6.07, 6.45) is 2.78. The van der Waals surface area contributed by atoms with Gasteiger partial charge in [-0.2, -0.15) is 0 Å². The fourth-order valence-electron chi connectivity index (χ4n) is 2.99. The van der Waals surface area contributed by atoms with Gasteiger partial charge in [-0.3, -0.25) is 14.4 Å². The van der Waals surface area contributed by atoms with Crippen molar-refractivity contribution in [2.45, 2.75) is 32.6 Å². The molecule has 0 saturated heterocycles. The van der Waals surface area contributed by atoms with E-state index in [9.17, 15) is 14.4 Å². The second-order valence-corrected chi connectivity index (χ2v) is 7.86. The smallest absolute Gasteiger partial charge is 0.311 e. The van der Waals surface area contributed by atoms with Gasteiger partial charge in [-0.25, -0.2) is 4.90 Å². The number of esters is 1. The van der Waals surface area contributed by atoms with E-state index in [2.05, 4.69) is 0 Å². The first-order valence-corrected chi connectivity index (χ1v) is 10.3. The van der Waals surface area contributed by atoms with Crippen molar-refractivity contribution in [3.05, 3.63) is 55.5 Å². The second kappa shape index (κ2) is 8.92. The molecule has 0 bridgehead atoms. The van der Waals surface area contributed by atoms with Gasteiger partial charge in [0.25, 0.3) is 11.8 Å². The zero-order valence-corrected chi connectivity index (χ0v) is 18.3. The van der Waals surface area contributed by atoms with E-state index in [-0.39, 0.29) is 49.1 Å². The Bertz CT molecular complexity index is 975. The van der Waals surface area contributed by atoms with Crippen molar-refractivity contribution in [3.8, 4) is 5.75 Å². The van der Waals surface area contributed by atoms with Gasteiger partial charge in [0.15, 0.2) is 5.75 Å². The number of carbonyl (C=O) groups is 3. The summed E-state index contributed by atoms with van der Waals surface area (Å²) in [5, 5.41) is -0.552. The molecule has 2 amide bonds. The van der Waals surface area contributed by atoms with Crippen molar-refractivity contribution in [2.24, 2.45) is 0 Å². The van der Waals surface area contributed by atoms with Crippen molar-refractivity contribution in [1.29, 1.82) is 0 Å². The maximum Gasteiger partial charge on any atom is 0.311 e. The number of nitrogens with zero attached hydrogens (tertiary/aromatic N) is 1. The number of hydrogen-bond acceptors (Lipinski definition) is 4. The summed E-state index contributed by atoms with van der Waals surface area (Å²) in [5.41, 5.74) is -0.179. The number of halogens is 4. The van der Waals surface area contributed by atoms with Gasteiger partial charge >= 0.3 is 5.97 Å². The van der Waals surface area contributed by atoms with Gasteiger partial charge in [0.2, 0.25) is 0 Å². The quantitative estimate of drug-likeness (QED) is 0.118. The summed E-state index contributed by atoms with van der Waals surface area (Å²) < 4.78 is 5.40. The lowest BCUT2D eigenvalue weighted by Crippen LogP contribution is -2.30. The number of benzene rings is 2. The third-order valence-corrected chi connectivity index (χ3v) is 6.22. The van der Waals surface area contributed by atoms with Gasteiger partial charge in [0, 0.05) is 6.42 Å². The van der Waals surface area contributed by atoms with Gasteiger partial charge in [-0.15, -0.1) is 0 Å². The highest BCUT2D eigenvalue weighted by Gasteiger charge is 2.43. The van der Waals surface area contributed by atoms with Crippen LogP contribution in [0.5, 0.6) is 5.75 Å². The molecule has 0 aliphatic carbocycles. The highest BCUT2D eigenvalue weighted by molar-refractivity contribution is 6.56. The topological polar surface area (TPSA) is 63.7 Å². The van der Waals surface area contributed by atoms with E-state index >= 15 is 0 Å². The molecule has 5 nitrogen and oxygen atoms in total. The first-order valence-electron chi connectivity index (χ1n) is 8.84. The zero-order chi connectivity index (χ0) is 21.3. The first kappa shape index (κ1) is 21.9. The van der Waals surface area contributed by atoms with E-state index in [1.807, 2.05) is 6.92 Å². The number of imide groups is 1. The first-order chi connectivity index (χ1) is 13.8. The monoisotopic (exact) mass is 473 g/mol. The van der Waals surface area contributed by atoms with Crippen molar-refractivity contribution in [3.63, 3.8) is 0 Å². The average molecular weight is 475 g/mol. The molecule has 0 aromatic heterocycles. The van der Waals surface area contributed by atoms with Crippen LogP contribution in [0.2, 0.25) is 20.1 Å². The number of carbonyl (C=O) groups excluding carboxylic acids is 3. The molecule has 0 spiro atoms. The van der Waals surface area contributed by atoms with E-state index in [1.165, 1.54) is 12.1 Å². The molecule has 1 heterocycles. The largest absolute Gasteiger partial charge is 0.424 e. The maximum atomic E-state index is 13.0. The minimum Gasteiger partial charge on any atom is -0.424 e. The van der Waals surface area contributed by atoms with Crippen molar-refractivity contribution in [2.75, 3.05) is 4.90 Å². The number of hydrogen-bond donors (Lipinski definition) is 0. The van der Waals surface area contributed by atoms with Crippen LogP contribution >= 0.6 is 46.4 Å². The van der Waals surface area contributed by atoms with Gasteiger partial charge in [-0.1, -0.05) is 78.3 Å². The van der Waals surface area contributed by atoms with Crippen LogP contribution < -0.4 is 9.64 Å². The molecule has 1 aliphatic heterocycles. The molecule has 152 valence electrons. The Morgan fingerprint density at radius 2 is 1.45 bits per heavy atom. The van der Waals surface area contributed by atoms with E-state index in [4.69, 9.17) is 51.1 Å². The second-order valence-electron chi connectivity index (χ2n) is 6.35. The minimum atomic E-state index is -0.732. The molecule has 0 radical (unpaired) electrons. The van der Waals surface area contributed by atoms with Crippen LogP contribution in [-0.4, -0.2) is 17.8 Å². The molecular formula is C20H15Cl4NO4. The molecule has 0 unspecified atom stereocenters. The average Bonchev–Trinajstić information content (AvgIpc) is 2.96. The Hall–Kier alpha value is -1.79. The van der Waals surface area contributed by atoms with E-state index < -0.39 is 17.8 Å². The Balaban J connectivity index is 2.00. The molecule has 0 fully saturated rings. The van der Waals surface area contributed by atoms with Crippen LogP contribution in [0.4, 0.5) is 5.69 Å². The Kier molecular flexibility index (Phi) is 6.74. The summed E-state index contributed by atoms with van der Waals surface area (Å²) in [5.74, 6) is -1.84. The molecule has 0 atom stereocenters. The predicted octanol–water partition coefficient (Wildman–Crippen LogP) is 6.59. The molecule has 0 saturated carbocycles. The van der Waals surface area contributed by atoms with Gasteiger partial charge in [0.05, 0.1) is 36.9 Å². The number of para-hydroxylation sites is 2. The lowest BCUT2D eigenvalue weighted by atomic mass is 10.1. The summed E-state index contributed by atoms with van der Waals surface area (Å²) in [7, 11) is 0. The number of ether oxygens (including phenoxy) is 1. The summed E-state index contributed by atoms with van der Waals surface area (Å²) >= 11 is 24.4. The Labute approximate surface area is 187 Å². The Morgan fingerprint density at radius 3 is 2.00 bits per heavy atom. The molecule has 0 N–H and O–H groups in total. The van der Waals surface area contributed by atoms with E-state index in [0.29, 0.717) is 6.42 Å². The number of unbranched alkanes of at least 4 members (excludes halogenated alkanes) is 2. The third kappa shape index (κ3) is 3.97. The normalized spacial score (nSPS) is 13.1. The fraction of sp³-hybridized carbons (Fsp3) is 0.250. The van der Waals surface area contributed by atoms with Crippen molar-refractivity contribution < 1.29 is 19.1 Å². The van der Waals surface area contributed by atoms with Crippen molar-refractivity contribution in [1.82, 2.24) is 0 Å². The van der Waals surface area contributed by atoms with E-state index in [1.54, 1.807) is 12.1 Å². The molecule has 9 heteroatoms. The van der Waals surface area contributed by atoms with Gasteiger partial charge < -0.3 is 4.74 Å². The number of rotatable bonds is 6. The van der Waals surface area contributed by atoms with Crippen LogP contribution in [0.15, 0.2) is 24.3 Å². The van der Waals surface area contributed by atoms with Crippen LogP contribution in [0.25, 0.3) is 0 Å². The molecule has 2 aromatic rings. The fourth-order valence-corrected chi connectivity index (χ4v) is 4.00. The standard InChI is InChI=1S/C20H15Cl4NO4/c1-2-3-4-9-12(26)29-11-8-6-5-7-10(11)25-19(27)13-14(20(25)28)16(22)18(24)17(23)15(13)21/h5-8H,2-4,9H2,1H3. The number of amides is 2. The lowest BCUT2D eigenvalue weighted by Gasteiger charge is -2.17. The third-order valence-electron chi connectivity index (χ3n) is 4.42. The number of fused-ring (bicyclic) bond motifs is 1. The SMILES string of the molecule is CCCCCC(=O)Oc1ccccc1N1C(=O)c2c(Cl)c(Cl)c(Cl)c(Cl)c2C1=O. The summed E-state index contributed by atoms with van der Waals surface area (Å²) in [4.78, 5) is 39.0. The van der Waals surface area contributed by atoms with Gasteiger partial charge in [-0.05, 0) is 18.6 Å². The highest BCUT2D eigenvalue weighted by atomic mass is 35.5. The van der Waals surface area contributed by atoms with Crippen LogP contribution in [0.1, 0.15) is 53.3 Å². The number of anilines is 1. The lowest BCUT2D eigenvalue weighted by molar-refractivity contribution is -0.134. The minimum absolute atomic E-state index is 0.0768. The highest BCUT2D eigenvalue weighted by Crippen LogP contribution is 2.46.